The van der Waals surface area contributed by atoms with Gasteiger partial charge < -0.3 is 11.1 Å². The molecule has 3 N–H and O–H groups in total. The number of nitrogens with two attached hydrogens (primary N) is 1. The third-order valence-corrected chi connectivity index (χ3v) is 3.43. The molecule has 3 nitrogen and oxygen atoms in total. The average Bonchev–Trinajstić information content (AvgIpc) is 2.10. The summed E-state index contributed by atoms with van der Waals surface area (Å²) < 4.78 is 0. The number of guanidine groups is 1. The number of aliphatic imine (C=N–C) groups is 1. The normalized spacial score (nSPS) is 17.3. The Bertz CT molecular complexity index is 258. The van der Waals surface area contributed by atoms with E-state index in [0.29, 0.717) is 11.9 Å². The van der Waals surface area contributed by atoms with E-state index in [-0.39, 0.29) is 29.4 Å². The average molecular weight is 367 g/mol. The van der Waals surface area contributed by atoms with Crippen LogP contribution in [0.2, 0.25) is 0 Å². The molecule has 108 valence electrons. The predicted octanol–water partition coefficient (Wildman–Crippen LogP) is 3.38. The number of hydrogen-bond acceptors (Lipinski definition) is 1. The summed E-state index contributed by atoms with van der Waals surface area (Å²) in [4.78, 5) is 4.46. The van der Waals surface area contributed by atoms with Crippen molar-refractivity contribution >= 4 is 29.9 Å². The lowest BCUT2D eigenvalue weighted by molar-refractivity contribution is 0.297. The fourth-order valence-electron chi connectivity index (χ4n) is 2.47. The Morgan fingerprint density at radius 2 is 2.00 bits per heavy atom. The Labute approximate surface area is 129 Å². The summed E-state index contributed by atoms with van der Waals surface area (Å²) in [5.41, 5.74) is 6.12. The van der Waals surface area contributed by atoms with Gasteiger partial charge in [-0.2, -0.15) is 0 Å². The third kappa shape index (κ3) is 7.44. The molecule has 0 aromatic rings. The van der Waals surface area contributed by atoms with Gasteiger partial charge in [0.1, 0.15) is 0 Å². The van der Waals surface area contributed by atoms with E-state index in [1.807, 2.05) is 0 Å². The Hall–Kier alpha value is 0. The van der Waals surface area contributed by atoms with Gasteiger partial charge in [0.05, 0.1) is 0 Å². The number of hydrogen-bond donors (Lipinski definition) is 2. The monoisotopic (exact) mass is 367 g/mol. The van der Waals surface area contributed by atoms with Gasteiger partial charge in [0.15, 0.2) is 5.96 Å². The van der Waals surface area contributed by atoms with Crippen molar-refractivity contribution in [1.82, 2.24) is 5.32 Å². The van der Waals surface area contributed by atoms with Crippen molar-refractivity contribution in [2.45, 2.75) is 53.4 Å². The van der Waals surface area contributed by atoms with Crippen LogP contribution in [0, 0.1) is 17.3 Å². The Morgan fingerprint density at radius 3 is 2.44 bits per heavy atom. The molecule has 1 aliphatic rings. The summed E-state index contributed by atoms with van der Waals surface area (Å²) in [6.45, 7) is 10.8. The molecular formula is C14H30IN3. The lowest BCUT2D eigenvalue weighted by Gasteiger charge is -2.26. The summed E-state index contributed by atoms with van der Waals surface area (Å²) in [5, 5.41) is 3.24. The van der Waals surface area contributed by atoms with E-state index in [1.54, 1.807) is 0 Å². The molecule has 0 unspecified atom stereocenters. The van der Waals surface area contributed by atoms with Crippen LogP contribution in [0.3, 0.4) is 0 Å². The molecule has 0 atom stereocenters. The number of halogens is 1. The molecule has 0 amide bonds. The zero-order valence-corrected chi connectivity index (χ0v) is 14.7. The second-order valence-electron chi connectivity index (χ2n) is 6.64. The first kappa shape index (κ1) is 18.0. The summed E-state index contributed by atoms with van der Waals surface area (Å²) in [6.07, 6.45) is 5.26. The highest BCUT2D eigenvalue weighted by molar-refractivity contribution is 14.0. The fraction of sp³-hybridized carbons (Fsp3) is 0.929. The molecule has 0 heterocycles. The van der Waals surface area contributed by atoms with Gasteiger partial charge in [-0.25, -0.2) is 0 Å². The van der Waals surface area contributed by atoms with Crippen LogP contribution in [-0.4, -0.2) is 19.0 Å². The van der Waals surface area contributed by atoms with E-state index < -0.39 is 0 Å². The molecule has 4 heteroatoms. The topological polar surface area (TPSA) is 50.4 Å². The molecular weight excluding hydrogens is 337 g/mol. The van der Waals surface area contributed by atoms with Crippen LogP contribution in [0.15, 0.2) is 4.99 Å². The second-order valence-corrected chi connectivity index (χ2v) is 6.64. The highest BCUT2D eigenvalue weighted by Crippen LogP contribution is 2.26. The van der Waals surface area contributed by atoms with Crippen LogP contribution in [0.5, 0.6) is 0 Å². The quantitative estimate of drug-likeness (QED) is 0.430. The number of nitrogens with zero attached hydrogens (tertiary/aromatic N) is 1. The summed E-state index contributed by atoms with van der Waals surface area (Å²) in [7, 11) is 0. The molecule has 0 spiro atoms. The van der Waals surface area contributed by atoms with Crippen LogP contribution in [0.25, 0.3) is 0 Å². The first-order chi connectivity index (χ1) is 7.89. The van der Waals surface area contributed by atoms with Gasteiger partial charge in [0.25, 0.3) is 0 Å². The fourth-order valence-corrected chi connectivity index (χ4v) is 2.47. The van der Waals surface area contributed by atoms with Crippen molar-refractivity contribution in [2.24, 2.45) is 28.0 Å². The van der Waals surface area contributed by atoms with Gasteiger partial charge in [-0.1, -0.05) is 34.1 Å². The molecule has 0 aliphatic heterocycles. The maximum Gasteiger partial charge on any atom is 0.188 e. The van der Waals surface area contributed by atoms with Gasteiger partial charge in [0.2, 0.25) is 0 Å². The van der Waals surface area contributed by atoms with E-state index in [4.69, 9.17) is 5.73 Å². The van der Waals surface area contributed by atoms with Gasteiger partial charge in [0, 0.05) is 13.1 Å². The lowest BCUT2D eigenvalue weighted by atomic mass is 9.84. The number of nitrogens with one attached hydrogen (secondary N) is 1. The molecule has 0 bridgehead atoms. The van der Waals surface area contributed by atoms with Crippen molar-refractivity contribution in [1.29, 1.82) is 0 Å². The van der Waals surface area contributed by atoms with E-state index in [0.717, 1.165) is 19.0 Å². The van der Waals surface area contributed by atoms with Crippen LogP contribution in [0.1, 0.15) is 53.4 Å². The van der Waals surface area contributed by atoms with E-state index in [2.05, 4.69) is 38.0 Å². The molecule has 18 heavy (non-hydrogen) atoms. The predicted molar refractivity (Wildman–Crippen MR) is 90.5 cm³/mol. The minimum absolute atomic E-state index is 0. The molecule has 0 radical (unpaired) electrons. The van der Waals surface area contributed by atoms with Crippen LogP contribution in [0.4, 0.5) is 0 Å². The number of rotatable bonds is 6. The molecule has 0 aromatic carbocycles. The Kier molecular flexibility index (Phi) is 8.23. The molecule has 1 fully saturated rings. The minimum Gasteiger partial charge on any atom is -0.370 e. The molecule has 1 saturated carbocycles. The second kappa shape index (κ2) is 8.23. The van der Waals surface area contributed by atoms with Crippen molar-refractivity contribution in [2.75, 3.05) is 13.1 Å². The molecule has 0 aromatic heterocycles. The highest BCUT2D eigenvalue weighted by atomic mass is 127. The van der Waals surface area contributed by atoms with Crippen molar-refractivity contribution in [3.63, 3.8) is 0 Å². The smallest absolute Gasteiger partial charge is 0.188 e. The SMILES string of the molecule is CC(C)CC(C)(C)CN=C(N)NCC1CCC1.I. The third-order valence-electron chi connectivity index (χ3n) is 3.43. The first-order valence-electron chi connectivity index (χ1n) is 6.93. The lowest BCUT2D eigenvalue weighted by Crippen LogP contribution is -2.38. The highest BCUT2D eigenvalue weighted by Gasteiger charge is 2.19. The maximum absolute atomic E-state index is 5.88. The van der Waals surface area contributed by atoms with Crippen LogP contribution >= 0.6 is 24.0 Å². The van der Waals surface area contributed by atoms with Gasteiger partial charge in [-0.15, -0.1) is 24.0 Å². The molecule has 0 saturated heterocycles. The van der Waals surface area contributed by atoms with Crippen LogP contribution < -0.4 is 11.1 Å². The van der Waals surface area contributed by atoms with Gasteiger partial charge in [-0.05, 0) is 36.5 Å². The van der Waals surface area contributed by atoms with Crippen molar-refractivity contribution < 1.29 is 0 Å². The Balaban J connectivity index is 0.00000289. The van der Waals surface area contributed by atoms with Gasteiger partial charge in [-0.3, -0.25) is 4.99 Å². The van der Waals surface area contributed by atoms with Crippen molar-refractivity contribution in [3.8, 4) is 0 Å². The largest absolute Gasteiger partial charge is 0.370 e. The first-order valence-corrected chi connectivity index (χ1v) is 6.93. The van der Waals surface area contributed by atoms with Crippen LogP contribution in [-0.2, 0) is 0 Å². The maximum atomic E-state index is 5.88. The summed E-state index contributed by atoms with van der Waals surface area (Å²) >= 11 is 0. The zero-order chi connectivity index (χ0) is 12.9. The summed E-state index contributed by atoms with van der Waals surface area (Å²) in [6, 6.07) is 0. The van der Waals surface area contributed by atoms with E-state index >= 15 is 0 Å². The summed E-state index contributed by atoms with van der Waals surface area (Å²) in [5.74, 6) is 2.16. The Morgan fingerprint density at radius 1 is 1.39 bits per heavy atom. The minimum atomic E-state index is 0. The van der Waals surface area contributed by atoms with Crippen molar-refractivity contribution in [3.05, 3.63) is 0 Å². The van der Waals surface area contributed by atoms with E-state index in [9.17, 15) is 0 Å². The van der Waals surface area contributed by atoms with E-state index in [1.165, 1.54) is 25.7 Å². The molecule has 1 aliphatic carbocycles. The zero-order valence-electron chi connectivity index (χ0n) is 12.3. The van der Waals surface area contributed by atoms with Gasteiger partial charge >= 0.3 is 0 Å². The standard InChI is InChI=1S/C14H29N3.HI/c1-11(2)8-14(3,4)10-17-13(15)16-9-12-6-5-7-12;/h11-12H,5-10H2,1-4H3,(H3,15,16,17);1H. The molecule has 1 rings (SSSR count).